The summed E-state index contributed by atoms with van der Waals surface area (Å²) in [5.74, 6) is -1.74. The lowest BCUT2D eigenvalue weighted by Gasteiger charge is -2.11. The highest BCUT2D eigenvalue weighted by Gasteiger charge is 2.20. The number of aliphatic carboxylic acids is 1. The van der Waals surface area contributed by atoms with Crippen LogP contribution in [0.2, 0.25) is 0 Å². The number of methoxy groups -OCH3 is 1. The van der Waals surface area contributed by atoms with E-state index >= 15 is 0 Å². The molecule has 5 heteroatoms. The minimum absolute atomic E-state index is 0.0225. The zero-order valence-electron chi connectivity index (χ0n) is 7.03. The summed E-state index contributed by atoms with van der Waals surface area (Å²) >= 11 is 0. The van der Waals surface area contributed by atoms with Crippen LogP contribution in [0.25, 0.3) is 0 Å². The van der Waals surface area contributed by atoms with E-state index in [1.54, 1.807) is 0 Å². The van der Waals surface area contributed by atoms with Crippen LogP contribution in [0.3, 0.4) is 0 Å². The van der Waals surface area contributed by atoms with Crippen molar-refractivity contribution in [3.63, 3.8) is 0 Å². The van der Waals surface area contributed by atoms with E-state index in [2.05, 4.69) is 10.1 Å². The van der Waals surface area contributed by atoms with Crippen molar-refractivity contribution in [3.05, 3.63) is 23.4 Å². The first-order chi connectivity index (χ1) is 6.16. The predicted octanol–water partition coefficient (Wildman–Crippen LogP) is -0.343. The van der Waals surface area contributed by atoms with Gasteiger partial charge in [0.1, 0.15) is 0 Å². The molecule has 0 aromatic rings. The topological polar surface area (TPSA) is 75.6 Å². The zero-order chi connectivity index (χ0) is 9.84. The second kappa shape index (κ2) is 3.75. The third kappa shape index (κ3) is 1.87. The molecule has 0 fully saturated rings. The molecular weight excluding hydrogens is 174 g/mol. The van der Waals surface area contributed by atoms with Crippen molar-refractivity contribution in [2.24, 2.45) is 0 Å². The van der Waals surface area contributed by atoms with Crippen LogP contribution in [0.5, 0.6) is 0 Å². The Kier molecular flexibility index (Phi) is 2.69. The second-order valence-electron chi connectivity index (χ2n) is 2.40. The summed E-state index contributed by atoms with van der Waals surface area (Å²) in [4.78, 5) is 21.7. The Balaban J connectivity index is 3.04. The van der Waals surface area contributed by atoms with E-state index in [4.69, 9.17) is 5.11 Å². The van der Waals surface area contributed by atoms with Gasteiger partial charge in [-0.25, -0.2) is 9.59 Å². The maximum atomic E-state index is 11.1. The number of hydrogen-bond donors (Lipinski definition) is 2. The fraction of sp³-hybridized carbons (Fsp3) is 0.250. The molecule has 1 rings (SSSR count). The number of carbonyl (C=O) groups excluding carboxylic acids is 1. The Hall–Kier alpha value is -1.78. The lowest BCUT2D eigenvalue weighted by Crippen LogP contribution is -2.24. The maximum absolute atomic E-state index is 11.1. The largest absolute Gasteiger partial charge is 0.478 e. The Morgan fingerprint density at radius 1 is 1.62 bits per heavy atom. The Labute approximate surface area is 74.7 Å². The number of hydrogen-bond acceptors (Lipinski definition) is 4. The summed E-state index contributed by atoms with van der Waals surface area (Å²) in [6, 6.07) is 0. The molecule has 0 aliphatic carbocycles. The number of esters is 1. The minimum atomic E-state index is -1.11. The quantitative estimate of drug-likeness (QED) is 0.573. The summed E-state index contributed by atoms with van der Waals surface area (Å²) < 4.78 is 4.43. The highest BCUT2D eigenvalue weighted by atomic mass is 16.5. The summed E-state index contributed by atoms with van der Waals surface area (Å²) in [6.45, 7) is 0.135. The summed E-state index contributed by atoms with van der Waals surface area (Å²) in [6.07, 6.45) is 2.90. The highest BCUT2D eigenvalue weighted by Crippen LogP contribution is 2.11. The molecule has 2 N–H and O–H groups in total. The van der Waals surface area contributed by atoms with E-state index in [9.17, 15) is 9.59 Å². The number of carbonyl (C=O) groups is 2. The van der Waals surface area contributed by atoms with Crippen molar-refractivity contribution in [1.82, 2.24) is 5.32 Å². The van der Waals surface area contributed by atoms with E-state index in [1.807, 2.05) is 0 Å². The first-order valence-electron chi connectivity index (χ1n) is 3.61. The lowest BCUT2D eigenvalue weighted by atomic mass is 10.1. The third-order valence-corrected chi connectivity index (χ3v) is 1.64. The van der Waals surface area contributed by atoms with Gasteiger partial charge >= 0.3 is 11.9 Å². The van der Waals surface area contributed by atoms with Crippen molar-refractivity contribution in [2.75, 3.05) is 13.7 Å². The Morgan fingerprint density at radius 3 is 2.85 bits per heavy atom. The first-order valence-corrected chi connectivity index (χ1v) is 3.61. The van der Waals surface area contributed by atoms with Gasteiger partial charge in [-0.05, 0) is 12.3 Å². The van der Waals surface area contributed by atoms with Crippen molar-refractivity contribution in [2.45, 2.75) is 0 Å². The SMILES string of the molecule is COC(=O)C1=C(C(=O)O)CNC=C1. The number of nitrogens with one attached hydrogen (secondary N) is 1. The third-order valence-electron chi connectivity index (χ3n) is 1.64. The van der Waals surface area contributed by atoms with Crippen LogP contribution in [0.1, 0.15) is 0 Å². The highest BCUT2D eigenvalue weighted by molar-refractivity contribution is 6.02. The molecule has 5 nitrogen and oxygen atoms in total. The van der Waals surface area contributed by atoms with Crippen molar-refractivity contribution in [3.8, 4) is 0 Å². The smallest absolute Gasteiger partial charge is 0.338 e. The number of carboxylic acids is 1. The standard InChI is InChI=1S/C8H9NO4/c1-13-8(12)5-2-3-9-4-6(5)7(10)11/h2-3,9H,4H2,1H3,(H,10,11). The molecule has 70 valence electrons. The van der Waals surface area contributed by atoms with Crippen LogP contribution in [0.4, 0.5) is 0 Å². The molecule has 0 atom stereocenters. The van der Waals surface area contributed by atoms with E-state index in [0.717, 1.165) is 0 Å². The van der Waals surface area contributed by atoms with Crippen molar-refractivity contribution < 1.29 is 19.4 Å². The molecule has 0 saturated carbocycles. The fourth-order valence-corrected chi connectivity index (χ4v) is 0.991. The molecule has 0 amide bonds. The molecule has 0 unspecified atom stereocenters. The second-order valence-corrected chi connectivity index (χ2v) is 2.40. The van der Waals surface area contributed by atoms with Gasteiger partial charge in [-0.1, -0.05) is 0 Å². The van der Waals surface area contributed by atoms with E-state index in [-0.39, 0.29) is 17.7 Å². The minimum Gasteiger partial charge on any atom is -0.478 e. The van der Waals surface area contributed by atoms with Crippen LogP contribution in [-0.2, 0) is 14.3 Å². The maximum Gasteiger partial charge on any atom is 0.338 e. The number of ether oxygens (including phenoxy) is 1. The molecule has 0 aromatic carbocycles. The normalized spacial score (nSPS) is 15.2. The summed E-state index contributed by atoms with van der Waals surface area (Å²) in [5, 5.41) is 11.4. The molecule has 0 spiro atoms. The van der Waals surface area contributed by atoms with E-state index in [1.165, 1.54) is 19.4 Å². The van der Waals surface area contributed by atoms with Gasteiger partial charge < -0.3 is 15.2 Å². The van der Waals surface area contributed by atoms with Crippen molar-refractivity contribution >= 4 is 11.9 Å². The molecule has 0 saturated heterocycles. The van der Waals surface area contributed by atoms with Crippen molar-refractivity contribution in [1.29, 1.82) is 0 Å². The molecule has 13 heavy (non-hydrogen) atoms. The molecule has 1 heterocycles. The summed E-state index contributed by atoms with van der Waals surface area (Å²) in [7, 11) is 1.21. The Morgan fingerprint density at radius 2 is 2.31 bits per heavy atom. The van der Waals surface area contributed by atoms with E-state index < -0.39 is 11.9 Å². The molecule has 1 aliphatic rings. The van der Waals surface area contributed by atoms with Gasteiger partial charge in [-0.15, -0.1) is 0 Å². The Bertz CT molecular complexity index is 303. The van der Waals surface area contributed by atoms with Crippen LogP contribution in [-0.4, -0.2) is 30.7 Å². The fourth-order valence-electron chi connectivity index (χ4n) is 0.991. The van der Waals surface area contributed by atoms with Gasteiger partial charge in [0, 0.05) is 6.54 Å². The zero-order valence-corrected chi connectivity index (χ0v) is 7.03. The average Bonchev–Trinajstić information content (AvgIpc) is 2.16. The lowest BCUT2D eigenvalue weighted by molar-refractivity contribution is -0.137. The van der Waals surface area contributed by atoms with Gasteiger partial charge in [0.2, 0.25) is 0 Å². The van der Waals surface area contributed by atoms with E-state index in [0.29, 0.717) is 0 Å². The predicted molar refractivity (Wildman–Crippen MR) is 43.8 cm³/mol. The van der Waals surface area contributed by atoms with Gasteiger partial charge in [0.05, 0.1) is 18.3 Å². The number of carboxylic acid groups (broad SMARTS) is 1. The van der Waals surface area contributed by atoms with Gasteiger partial charge in [0.25, 0.3) is 0 Å². The monoisotopic (exact) mass is 183 g/mol. The van der Waals surface area contributed by atoms with Gasteiger partial charge in [-0.2, -0.15) is 0 Å². The van der Waals surface area contributed by atoms with Crippen LogP contribution < -0.4 is 5.32 Å². The molecular formula is C8H9NO4. The van der Waals surface area contributed by atoms with Gasteiger partial charge in [0.15, 0.2) is 0 Å². The van der Waals surface area contributed by atoms with Crippen LogP contribution in [0.15, 0.2) is 23.4 Å². The molecule has 0 aromatic heterocycles. The molecule has 0 radical (unpaired) electrons. The average molecular weight is 183 g/mol. The van der Waals surface area contributed by atoms with Crippen LogP contribution >= 0.6 is 0 Å². The summed E-state index contributed by atoms with van der Waals surface area (Å²) in [5.41, 5.74) is 0.114. The van der Waals surface area contributed by atoms with Gasteiger partial charge in [-0.3, -0.25) is 0 Å². The van der Waals surface area contributed by atoms with Crippen LogP contribution in [0, 0.1) is 0 Å². The number of dihydropyridines is 1. The molecule has 1 aliphatic heterocycles. The first kappa shape index (κ1) is 9.31. The molecule has 0 bridgehead atoms. The number of rotatable bonds is 2.